The normalized spacial score (nSPS) is 11.6. The van der Waals surface area contributed by atoms with E-state index in [2.05, 4.69) is 170 Å². The number of fused-ring (bicyclic) bond motifs is 5. The molecule has 0 saturated heterocycles. The summed E-state index contributed by atoms with van der Waals surface area (Å²) in [7, 11) is 0. The molecule has 0 amide bonds. The highest BCUT2D eigenvalue weighted by molar-refractivity contribution is 6.26. The van der Waals surface area contributed by atoms with Crippen LogP contribution in [0.5, 0.6) is 0 Å². The number of benzene rings is 8. The lowest BCUT2D eigenvalue weighted by Gasteiger charge is -2.19. The number of hydrogen-bond donors (Lipinski definition) is 0. The molecule has 0 spiro atoms. The van der Waals surface area contributed by atoms with Crippen molar-refractivity contribution >= 4 is 43.5 Å². The monoisotopic (exact) mass is 572 g/mol. The molecule has 0 fully saturated rings. The van der Waals surface area contributed by atoms with Crippen molar-refractivity contribution in [3.63, 3.8) is 0 Å². The quantitative estimate of drug-likeness (QED) is 0.191. The van der Waals surface area contributed by atoms with Gasteiger partial charge in [-0.25, -0.2) is 0 Å². The first-order chi connectivity index (χ1) is 22.3. The van der Waals surface area contributed by atoms with Crippen LogP contribution in [0.3, 0.4) is 0 Å². The Hall–Kier alpha value is -5.92. The fourth-order valence-electron chi connectivity index (χ4n) is 7.07. The molecular weight excluding hydrogens is 544 g/mol. The highest BCUT2D eigenvalue weighted by Crippen LogP contribution is 2.48. The lowest BCUT2D eigenvalue weighted by Crippen LogP contribution is -1.92. The summed E-state index contributed by atoms with van der Waals surface area (Å²) in [5.41, 5.74) is 11.4. The minimum Gasteiger partial charge on any atom is -0.455 e. The maximum atomic E-state index is 6.66. The summed E-state index contributed by atoms with van der Waals surface area (Å²) >= 11 is 0. The first kappa shape index (κ1) is 25.6. The van der Waals surface area contributed by atoms with E-state index in [1.807, 2.05) is 0 Å². The Bertz CT molecular complexity index is 2450. The van der Waals surface area contributed by atoms with E-state index < -0.39 is 0 Å². The maximum Gasteiger partial charge on any atom is 0.143 e. The standard InChI is InChI=1S/C44H28O/c1-3-13-29(14-4-1)30-23-25-32(26-24-30)41-34-17-7-9-19-36(34)42(37-20-10-8-18-35(37)41)39-28-27-33(31-15-5-2-6-16-31)44-43(39)38-21-11-12-22-40(38)45-44/h1-28H. The summed E-state index contributed by atoms with van der Waals surface area (Å²) in [6.45, 7) is 0. The van der Waals surface area contributed by atoms with Gasteiger partial charge in [0.1, 0.15) is 11.2 Å². The molecule has 0 aliphatic carbocycles. The molecule has 9 rings (SSSR count). The molecule has 0 bridgehead atoms. The molecule has 0 N–H and O–H groups in total. The highest BCUT2D eigenvalue weighted by Gasteiger charge is 2.22. The maximum absolute atomic E-state index is 6.66. The van der Waals surface area contributed by atoms with E-state index in [9.17, 15) is 0 Å². The first-order valence-corrected chi connectivity index (χ1v) is 15.4. The van der Waals surface area contributed by atoms with Crippen molar-refractivity contribution < 1.29 is 4.42 Å². The largest absolute Gasteiger partial charge is 0.455 e. The zero-order valence-corrected chi connectivity index (χ0v) is 24.6. The van der Waals surface area contributed by atoms with E-state index in [4.69, 9.17) is 4.42 Å². The Balaban J connectivity index is 1.36. The summed E-state index contributed by atoms with van der Waals surface area (Å²) < 4.78 is 6.66. The lowest BCUT2D eigenvalue weighted by molar-refractivity contribution is 0.670. The predicted octanol–water partition coefficient (Wildman–Crippen LogP) is 12.6. The molecule has 8 aromatic carbocycles. The van der Waals surface area contributed by atoms with Gasteiger partial charge in [0, 0.05) is 16.3 Å². The Kier molecular flexibility index (Phi) is 5.89. The van der Waals surface area contributed by atoms with Crippen molar-refractivity contribution in [2.75, 3.05) is 0 Å². The highest BCUT2D eigenvalue weighted by atomic mass is 16.3. The van der Waals surface area contributed by atoms with Gasteiger partial charge in [-0.3, -0.25) is 0 Å². The molecule has 0 saturated carbocycles. The topological polar surface area (TPSA) is 13.1 Å². The number of hydrogen-bond acceptors (Lipinski definition) is 1. The van der Waals surface area contributed by atoms with E-state index in [0.717, 1.165) is 33.1 Å². The van der Waals surface area contributed by atoms with Gasteiger partial charge in [-0.2, -0.15) is 0 Å². The molecule has 1 nitrogen and oxygen atoms in total. The van der Waals surface area contributed by atoms with Gasteiger partial charge in [-0.05, 0) is 72.6 Å². The van der Waals surface area contributed by atoms with Crippen molar-refractivity contribution in [1.82, 2.24) is 0 Å². The van der Waals surface area contributed by atoms with Crippen LogP contribution in [0.4, 0.5) is 0 Å². The fourth-order valence-corrected chi connectivity index (χ4v) is 7.07. The van der Waals surface area contributed by atoms with Crippen LogP contribution in [-0.2, 0) is 0 Å². The smallest absolute Gasteiger partial charge is 0.143 e. The van der Waals surface area contributed by atoms with Gasteiger partial charge < -0.3 is 4.42 Å². The molecule has 1 heterocycles. The molecule has 0 aliphatic heterocycles. The molecular formula is C44H28O. The van der Waals surface area contributed by atoms with Crippen LogP contribution in [0.25, 0.3) is 88.0 Å². The summed E-state index contributed by atoms with van der Waals surface area (Å²) in [5, 5.41) is 7.24. The van der Waals surface area contributed by atoms with E-state index in [0.29, 0.717) is 0 Å². The molecule has 1 heteroatoms. The molecule has 0 unspecified atom stereocenters. The fraction of sp³-hybridized carbons (Fsp3) is 0. The van der Waals surface area contributed by atoms with E-state index in [1.165, 1.54) is 54.9 Å². The Morgan fingerprint density at radius 3 is 1.36 bits per heavy atom. The van der Waals surface area contributed by atoms with Crippen molar-refractivity contribution in [2.24, 2.45) is 0 Å². The third-order valence-corrected chi connectivity index (χ3v) is 9.09. The van der Waals surface area contributed by atoms with Crippen LogP contribution < -0.4 is 0 Å². The van der Waals surface area contributed by atoms with Gasteiger partial charge in [0.25, 0.3) is 0 Å². The van der Waals surface area contributed by atoms with Crippen molar-refractivity contribution in [1.29, 1.82) is 0 Å². The third kappa shape index (κ3) is 4.09. The Morgan fingerprint density at radius 1 is 0.289 bits per heavy atom. The molecule has 210 valence electrons. The second-order valence-electron chi connectivity index (χ2n) is 11.6. The van der Waals surface area contributed by atoms with E-state index in [-0.39, 0.29) is 0 Å². The predicted molar refractivity (Wildman–Crippen MR) is 190 cm³/mol. The van der Waals surface area contributed by atoms with Crippen molar-refractivity contribution in [3.8, 4) is 44.5 Å². The van der Waals surface area contributed by atoms with Gasteiger partial charge in [-0.15, -0.1) is 0 Å². The van der Waals surface area contributed by atoms with Gasteiger partial charge in [0.15, 0.2) is 0 Å². The third-order valence-electron chi connectivity index (χ3n) is 9.09. The van der Waals surface area contributed by atoms with Crippen LogP contribution in [0.15, 0.2) is 174 Å². The van der Waals surface area contributed by atoms with Gasteiger partial charge >= 0.3 is 0 Å². The second kappa shape index (κ2) is 10.4. The van der Waals surface area contributed by atoms with Gasteiger partial charge in [-0.1, -0.05) is 158 Å². The molecule has 0 atom stereocenters. The Morgan fingerprint density at radius 2 is 0.733 bits per heavy atom. The van der Waals surface area contributed by atoms with Gasteiger partial charge in [0.05, 0.1) is 0 Å². The SMILES string of the molecule is c1ccc(-c2ccc(-c3c4ccccc4c(-c4ccc(-c5ccccc5)c5oc6ccccc6c45)c4ccccc34)cc2)cc1. The van der Waals surface area contributed by atoms with Crippen LogP contribution in [0, 0.1) is 0 Å². The molecule has 1 aromatic heterocycles. The van der Waals surface area contributed by atoms with Crippen LogP contribution in [0.2, 0.25) is 0 Å². The van der Waals surface area contributed by atoms with Gasteiger partial charge in [0.2, 0.25) is 0 Å². The van der Waals surface area contributed by atoms with Crippen LogP contribution >= 0.6 is 0 Å². The number of furan rings is 1. The zero-order valence-electron chi connectivity index (χ0n) is 24.6. The average molecular weight is 573 g/mol. The van der Waals surface area contributed by atoms with Crippen LogP contribution in [0.1, 0.15) is 0 Å². The number of para-hydroxylation sites is 1. The van der Waals surface area contributed by atoms with E-state index >= 15 is 0 Å². The molecule has 0 radical (unpaired) electrons. The summed E-state index contributed by atoms with van der Waals surface area (Å²) in [5.74, 6) is 0. The van der Waals surface area contributed by atoms with Crippen molar-refractivity contribution in [3.05, 3.63) is 170 Å². The first-order valence-electron chi connectivity index (χ1n) is 15.4. The average Bonchev–Trinajstić information content (AvgIpc) is 3.51. The summed E-state index contributed by atoms with van der Waals surface area (Å²) in [6, 6.07) is 60.8. The Labute approximate surface area is 261 Å². The minimum atomic E-state index is 0.904. The number of rotatable bonds is 4. The summed E-state index contributed by atoms with van der Waals surface area (Å²) in [6.07, 6.45) is 0. The lowest BCUT2D eigenvalue weighted by atomic mass is 9.84. The van der Waals surface area contributed by atoms with E-state index in [1.54, 1.807) is 0 Å². The second-order valence-corrected chi connectivity index (χ2v) is 11.6. The molecule has 45 heavy (non-hydrogen) atoms. The zero-order chi connectivity index (χ0) is 29.7. The van der Waals surface area contributed by atoms with Crippen molar-refractivity contribution in [2.45, 2.75) is 0 Å². The summed E-state index contributed by atoms with van der Waals surface area (Å²) in [4.78, 5) is 0. The molecule has 0 aliphatic rings. The molecule has 9 aromatic rings. The minimum absolute atomic E-state index is 0.904. The van der Waals surface area contributed by atoms with Crippen LogP contribution in [-0.4, -0.2) is 0 Å².